The number of carbonyl (C=O) groups excluding carboxylic acids is 2. The molecule has 0 fully saturated rings. The van der Waals surface area contributed by atoms with Gasteiger partial charge < -0.3 is 10.6 Å². The summed E-state index contributed by atoms with van der Waals surface area (Å²) in [4.78, 5) is 28.7. The third-order valence-electron chi connectivity index (χ3n) is 4.26. The normalized spacial score (nSPS) is 10.7. The van der Waals surface area contributed by atoms with Crippen LogP contribution in [0.2, 0.25) is 5.02 Å². The maximum atomic E-state index is 12.9. The van der Waals surface area contributed by atoms with E-state index in [1.807, 2.05) is 36.4 Å². The maximum Gasteiger partial charge on any atom is 0.261 e. The van der Waals surface area contributed by atoms with Gasteiger partial charge in [0.15, 0.2) is 5.65 Å². The molecular formula is C21H16ClN5O2. The van der Waals surface area contributed by atoms with E-state index in [0.29, 0.717) is 27.6 Å². The number of amides is 2. The van der Waals surface area contributed by atoms with Crippen LogP contribution in [0, 0.1) is 0 Å². The summed E-state index contributed by atoms with van der Waals surface area (Å²) in [5.74, 6) is -0.667. The molecule has 4 aromatic rings. The zero-order chi connectivity index (χ0) is 20.4. The molecule has 4 rings (SSSR count). The third kappa shape index (κ3) is 3.81. The van der Waals surface area contributed by atoms with Crippen molar-refractivity contribution in [3.8, 4) is 11.3 Å². The number of nitrogens with zero attached hydrogens (tertiary/aromatic N) is 3. The summed E-state index contributed by atoms with van der Waals surface area (Å²) in [6.45, 7) is 1.39. The van der Waals surface area contributed by atoms with Gasteiger partial charge in [0.05, 0.1) is 23.3 Å². The highest BCUT2D eigenvalue weighted by atomic mass is 35.5. The Labute approximate surface area is 171 Å². The van der Waals surface area contributed by atoms with E-state index >= 15 is 0 Å². The number of nitrogens with one attached hydrogen (secondary N) is 2. The lowest BCUT2D eigenvalue weighted by molar-refractivity contribution is -0.114. The van der Waals surface area contributed by atoms with E-state index in [0.717, 1.165) is 11.3 Å². The van der Waals surface area contributed by atoms with Crippen LogP contribution in [0.3, 0.4) is 0 Å². The molecule has 0 atom stereocenters. The topological polar surface area (TPSA) is 88.4 Å². The van der Waals surface area contributed by atoms with Gasteiger partial charge in [-0.15, -0.1) is 0 Å². The number of benzene rings is 2. The first-order chi connectivity index (χ1) is 14.0. The van der Waals surface area contributed by atoms with Gasteiger partial charge in [-0.1, -0.05) is 41.9 Å². The second-order valence-electron chi connectivity index (χ2n) is 6.31. The Morgan fingerprint density at radius 3 is 2.55 bits per heavy atom. The lowest BCUT2D eigenvalue weighted by Crippen LogP contribution is -2.15. The Balaban J connectivity index is 1.71. The summed E-state index contributed by atoms with van der Waals surface area (Å²) in [5, 5.41) is 10.2. The van der Waals surface area contributed by atoms with Crippen molar-refractivity contribution < 1.29 is 9.59 Å². The molecule has 0 bridgehead atoms. The fourth-order valence-electron chi connectivity index (χ4n) is 2.99. The predicted octanol–water partition coefficient (Wildman–Crippen LogP) is 4.26. The zero-order valence-electron chi connectivity index (χ0n) is 15.4. The first-order valence-corrected chi connectivity index (χ1v) is 9.17. The van der Waals surface area contributed by atoms with Crippen molar-refractivity contribution in [2.24, 2.45) is 0 Å². The molecule has 0 unspecified atom stereocenters. The second-order valence-corrected chi connectivity index (χ2v) is 6.75. The van der Waals surface area contributed by atoms with Crippen LogP contribution in [-0.2, 0) is 4.79 Å². The van der Waals surface area contributed by atoms with Crippen LogP contribution in [0.15, 0.2) is 67.0 Å². The highest BCUT2D eigenvalue weighted by Crippen LogP contribution is 2.27. The minimum absolute atomic E-state index is 0.257. The number of aromatic nitrogens is 3. The fourth-order valence-corrected chi connectivity index (χ4v) is 3.16. The minimum Gasteiger partial charge on any atom is -0.325 e. The third-order valence-corrected chi connectivity index (χ3v) is 4.49. The van der Waals surface area contributed by atoms with Crippen molar-refractivity contribution in [2.45, 2.75) is 6.92 Å². The van der Waals surface area contributed by atoms with Crippen molar-refractivity contribution in [3.63, 3.8) is 0 Å². The van der Waals surface area contributed by atoms with Crippen LogP contribution in [0.1, 0.15) is 17.3 Å². The van der Waals surface area contributed by atoms with Gasteiger partial charge in [0.25, 0.3) is 5.91 Å². The average Bonchev–Trinajstić information content (AvgIpc) is 3.15. The van der Waals surface area contributed by atoms with Gasteiger partial charge in [-0.05, 0) is 24.3 Å². The van der Waals surface area contributed by atoms with E-state index in [-0.39, 0.29) is 5.91 Å². The Bertz CT molecular complexity index is 1220. The standard InChI is InChI=1S/C21H16ClN5O2/c1-13(28)25-17-8-7-15(22)11-18(17)26-21(29)16-12-24-27-19(9-10-23-20(16)27)14-5-3-2-4-6-14/h2-12H,1H3,(H,25,28)(H,26,29). The molecule has 2 N–H and O–H groups in total. The number of hydrogen-bond donors (Lipinski definition) is 2. The molecular weight excluding hydrogens is 390 g/mol. The van der Waals surface area contributed by atoms with E-state index in [2.05, 4.69) is 20.7 Å². The van der Waals surface area contributed by atoms with Crippen molar-refractivity contribution in [2.75, 3.05) is 10.6 Å². The molecule has 2 aromatic carbocycles. The highest BCUT2D eigenvalue weighted by Gasteiger charge is 2.18. The molecule has 7 nitrogen and oxygen atoms in total. The monoisotopic (exact) mass is 405 g/mol. The zero-order valence-corrected chi connectivity index (χ0v) is 16.1. The number of halogens is 1. The predicted molar refractivity (Wildman–Crippen MR) is 112 cm³/mol. The maximum absolute atomic E-state index is 12.9. The van der Waals surface area contributed by atoms with E-state index < -0.39 is 5.91 Å². The van der Waals surface area contributed by atoms with Gasteiger partial charge in [-0.25, -0.2) is 9.50 Å². The molecule has 8 heteroatoms. The second kappa shape index (κ2) is 7.73. The SMILES string of the molecule is CC(=O)Nc1ccc(Cl)cc1NC(=O)c1cnn2c(-c3ccccc3)ccnc12. The quantitative estimate of drug-likeness (QED) is 0.531. The molecule has 0 radical (unpaired) electrons. The van der Waals surface area contributed by atoms with Gasteiger partial charge in [0.2, 0.25) is 5.91 Å². The number of rotatable bonds is 4. The molecule has 0 saturated carbocycles. The number of carbonyl (C=O) groups is 2. The Morgan fingerprint density at radius 2 is 1.79 bits per heavy atom. The van der Waals surface area contributed by atoms with Gasteiger partial charge in [-0.3, -0.25) is 9.59 Å². The van der Waals surface area contributed by atoms with Gasteiger partial charge in [0.1, 0.15) is 5.56 Å². The molecule has 0 saturated heterocycles. The molecule has 2 amide bonds. The molecule has 144 valence electrons. The van der Waals surface area contributed by atoms with Gasteiger partial charge >= 0.3 is 0 Å². The molecule has 0 aliphatic heterocycles. The minimum atomic E-state index is -0.411. The lowest BCUT2D eigenvalue weighted by atomic mass is 10.1. The van der Waals surface area contributed by atoms with Crippen LogP contribution in [0.25, 0.3) is 16.9 Å². The first kappa shape index (κ1) is 18.6. The van der Waals surface area contributed by atoms with Crippen LogP contribution in [0.5, 0.6) is 0 Å². The van der Waals surface area contributed by atoms with E-state index in [1.165, 1.54) is 13.1 Å². The van der Waals surface area contributed by atoms with Crippen LogP contribution in [0.4, 0.5) is 11.4 Å². The number of fused-ring (bicyclic) bond motifs is 1. The largest absolute Gasteiger partial charge is 0.325 e. The lowest BCUT2D eigenvalue weighted by Gasteiger charge is -2.11. The molecule has 2 heterocycles. The van der Waals surface area contributed by atoms with Crippen molar-refractivity contribution in [3.05, 3.63) is 77.6 Å². The first-order valence-electron chi connectivity index (χ1n) is 8.79. The van der Waals surface area contributed by atoms with Crippen LogP contribution >= 0.6 is 11.6 Å². The molecule has 2 aromatic heterocycles. The summed E-state index contributed by atoms with van der Waals surface area (Å²) >= 11 is 6.05. The number of hydrogen-bond acceptors (Lipinski definition) is 4. The summed E-state index contributed by atoms with van der Waals surface area (Å²) in [5.41, 5.74) is 3.33. The Kier molecular flexibility index (Phi) is 4.97. The average molecular weight is 406 g/mol. The smallest absolute Gasteiger partial charge is 0.261 e. The van der Waals surface area contributed by atoms with E-state index in [4.69, 9.17) is 11.6 Å². The summed E-state index contributed by atoms with van der Waals surface area (Å²) in [6.07, 6.45) is 3.10. The Morgan fingerprint density at radius 1 is 1.00 bits per heavy atom. The van der Waals surface area contributed by atoms with Crippen molar-refractivity contribution >= 4 is 40.4 Å². The van der Waals surface area contributed by atoms with Crippen LogP contribution < -0.4 is 10.6 Å². The van der Waals surface area contributed by atoms with Crippen LogP contribution in [-0.4, -0.2) is 26.4 Å². The summed E-state index contributed by atoms with van der Waals surface area (Å²) in [6, 6.07) is 16.4. The van der Waals surface area contributed by atoms with E-state index in [1.54, 1.807) is 28.9 Å². The molecule has 0 aliphatic carbocycles. The van der Waals surface area contributed by atoms with Gasteiger partial charge in [0, 0.05) is 23.7 Å². The fraction of sp³-hybridized carbons (Fsp3) is 0.0476. The molecule has 0 spiro atoms. The number of anilines is 2. The highest BCUT2D eigenvalue weighted by molar-refractivity contribution is 6.31. The summed E-state index contributed by atoms with van der Waals surface area (Å²) in [7, 11) is 0. The van der Waals surface area contributed by atoms with E-state index in [9.17, 15) is 9.59 Å². The Hall–Kier alpha value is -3.71. The van der Waals surface area contributed by atoms with Gasteiger partial charge in [-0.2, -0.15) is 5.10 Å². The molecule has 29 heavy (non-hydrogen) atoms. The molecule has 0 aliphatic rings. The van der Waals surface area contributed by atoms with Crippen molar-refractivity contribution in [1.82, 2.24) is 14.6 Å². The summed E-state index contributed by atoms with van der Waals surface area (Å²) < 4.78 is 1.62. The van der Waals surface area contributed by atoms with Crippen molar-refractivity contribution in [1.29, 1.82) is 0 Å².